The Morgan fingerprint density at radius 2 is 1.62 bits per heavy atom. The van der Waals surface area contributed by atoms with Crippen LogP contribution in [0.4, 0.5) is 17.1 Å². The van der Waals surface area contributed by atoms with Gasteiger partial charge in [0.2, 0.25) is 10.0 Å². The van der Waals surface area contributed by atoms with E-state index in [4.69, 9.17) is 4.74 Å². The molecule has 8 nitrogen and oxygen atoms in total. The molecule has 2 fully saturated rings. The van der Waals surface area contributed by atoms with Gasteiger partial charge in [0, 0.05) is 19.6 Å². The fourth-order valence-electron chi connectivity index (χ4n) is 4.41. The third-order valence-corrected chi connectivity index (χ3v) is 9.39. The number of ether oxygens (including phenoxy) is 1. The van der Waals surface area contributed by atoms with Gasteiger partial charge in [0.15, 0.2) is 0 Å². The normalized spacial score (nSPS) is 19.1. The summed E-state index contributed by atoms with van der Waals surface area (Å²) in [6, 6.07) is 10.6. The Balaban J connectivity index is 1.67. The largest absolute Gasteiger partial charge is 0.378 e. The minimum Gasteiger partial charge on any atom is -0.378 e. The monoisotopic (exact) mass is 479 g/mol. The summed E-state index contributed by atoms with van der Waals surface area (Å²) < 4.78 is 61.4. The quantitative estimate of drug-likeness (QED) is 0.709. The fraction of sp³-hybridized carbons (Fsp3) is 0.455. The highest BCUT2D eigenvalue weighted by Gasteiger charge is 2.29. The van der Waals surface area contributed by atoms with Crippen molar-refractivity contribution in [3.63, 3.8) is 0 Å². The van der Waals surface area contributed by atoms with Crippen molar-refractivity contribution in [3.05, 3.63) is 47.5 Å². The lowest BCUT2D eigenvalue weighted by atomic mass is 10.1. The van der Waals surface area contributed by atoms with Crippen molar-refractivity contribution in [3.8, 4) is 0 Å². The van der Waals surface area contributed by atoms with Crippen molar-refractivity contribution < 1.29 is 21.6 Å². The van der Waals surface area contributed by atoms with Crippen LogP contribution in [0.25, 0.3) is 0 Å². The maximum atomic E-state index is 13.4. The Bertz CT molecular complexity index is 1180. The summed E-state index contributed by atoms with van der Waals surface area (Å²) in [6.07, 6.45) is 1.44. The molecule has 0 aromatic heterocycles. The van der Waals surface area contributed by atoms with E-state index in [1.807, 2.05) is 12.1 Å². The second kappa shape index (κ2) is 8.92. The second-order valence-corrected chi connectivity index (χ2v) is 11.9. The molecule has 0 unspecified atom stereocenters. The first-order chi connectivity index (χ1) is 15.2. The molecule has 0 amide bonds. The number of nitrogens with one attached hydrogen (secondary N) is 1. The van der Waals surface area contributed by atoms with Crippen molar-refractivity contribution in [1.29, 1.82) is 0 Å². The van der Waals surface area contributed by atoms with E-state index in [-0.39, 0.29) is 10.6 Å². The van der Waals surface area contributed by atoms with Crippen LogP contribution in [0.2, 0.25) is 0 Å². The molecule has 2 saturated heterocycles. The number of para-hydroxylation sites is 2. The van der Waals surface area contributed by atoms with Gasteiger partial charge in [0.1, 0.15) is 0 Å². The van der Waals surface area contributed by atoms with Crippen LogP contribution in [0.1, 0.15) is 24.0 Å². The minimum absolute atomic E-state index is 0.116. The number of hydrogen-bond donors (Lipinski definition) is 1. The van der Waals surface area contributed by atoms with Crippen molar-refractivity contribution in [2.45, 2.75) is 31.6 Å². The Morgan fingerprint density at radius 3 is 2.28 bits per heavy atom. The predicted molar refractivity (Wildman–Crippen MR) is 127 cm³/mol. The summed E-state index contributed by atoms with van der Waals surface area (Å²) in [5.74, 6) is 0.116. The molecule has 10 heteroatoms. The minimum atomic E-state index is -3.89. The van der Waals surface area contributed by atoms with Crippen LogP contribution in [0.5, 0.6) is 0 Å². The van der Waals surface area contributed by atoms with E-state index in [0.29, 0.717) is 61.8 Å². The lowest BCUT2D eigenvalue weighted by molar-refractivity contribution is 0.123. The van der Waals surface area contributed by atoms with Crippen molar-refractivity contribution >= 4 is 37.1 Å². The van der Waals surface area contributed by atoms with E-state index in [0.717, 1.165) is 12.1 Å². The van der Waals surface area contributed by atoms with Gasteiger partial charge in [0.05, 0.1) is 40.9 Å². The number of sulfonamides is 2. The summed E-state index contributed by atoms with van der Waals surface area (Å²) >= 11 is 0. The van der Waals surface area contributed by atoms with Gasteiger partial charge in [0.25, 0.3) is 10.0 Å². The number of aryl methyl sites for hydroxylation is 2. The van der Waals surface area contributed by atoms with Crippen LogP contribution in [0, 0.1) is 13.8 Å². The average Bonchev–Trinajstić information content (AvgIpc) is 2.73. The summed E-state index contributed by atoms with van der Waals surface area (Å²) in [7, 11) is -7.26. The van der Waals surface area contributed by atoms with Gasteiger partial charge < -0.3 is 9.64 Å². The summed E-state index contributed by atoms with van der Waals surface area (Å²) in [6.45, 7) is 6.40. The van der Waals surface area contributed by atoms with E-state index in [1.165, 1.54) is 4.31 Å². The molecular weight excluding hydrogens is 450 g/mol. The molecular formula is C22H29N3O5S2. The van der Waals surface area contributed by atoms with Gasteiger partial charge in [-0.25, -0.2) is 16.8 Å². The number of anilines is 3. The smallest absolute Gasteiger partial charge is 0.262 e. The molecule has 0 bridgehead atoms. The van der Waals surface area contributed by atoms with Crippen LogP contribution in [0.3, 0.4) is 0 Å². The van der Waals surface area contributed by atoms with Crippen molar-refractivity contribution in [2.75, 3.05) is 52.5 Å². The molecule has 32 heavy (non-hydrogen) atoms. The zero-order valence-corrected chi connectivity index (χ0v) is 20.0. The van der Waals surface area contributed by atoms with Crippen molar-refractivity contribution in [2.24, 2.45) is 0 Å². The first-order valence-corrected chi connectivity index (χ1v) is 13.8. The Kier molecular flexibility index (Phi) is 6.37. The zero-order valence-electron chi connectivity index (χ0n) is 18.4. The topological polar surface area (TPSA) is 96.0 Å². The molecule has 2 heterocycles. The molecule has 0 aliphatic carbocycles. The van der Waals surface area contributed by atoms with Gasteiger partial charge in [-0.3, -0.25) is 9.03 Å². The van der Waals surface area contributed by atoms with Gasteiger partial charge >= 0.3 is 0 Å². The third-order valence-electron chi connectivity index (χ3n) is 5.85. The highest BCUT2D eigenvalue weighted by molar-refractivity contribution is 7.93. The highest BCUT2D eigenvalue weighted by atomic mass is 32.2. The second-order valence-electron chi connectivity index (χ2n) is 8.23. The van der Waals surface area contributed by atoms with Crippen molar-refractivity contribution in [1.82, 2.24) is 0 Å². The molecule has 2 aromatic rings. The van der Waals surface area contributed by atoms with E-state index >= 15 is 0 Å². The average molecular weight is 480 g/mol. The molecule has 0 saturated carbocycles. The molecule has 2 aliphatic heterocycles. The number of nitrogens with zero attached hydrogens (tertiary/aromatic N) is 2. The van der Waals surface area contributed by atoms with E-state index in [9.17, 15) is 16.8 Å². The Labute approximate surface area is 190 Å². The van der Waals surface area contributed by atoms with Crippen LogP contribution in [-0.2, 0) is 24.8 Å². The number of rotatable bonds is 5. The molecule has 0 radical (unpaired) electrons. The molecule has 4 rings (SSSR count). The number of benzene rings is 2. The summed E-state index contributed by atoms with van der Waals surface area (Å²) in [4.78, 5) is 2.28. The fourth-order valence-corrected chi connectivity index (χ4v) is 7.56. The molecule has 0 atom stereocenters. The van der Waals surface area contributed by atoms with Crippen LogP contribution >= 0.6 is 0 Å². The first-order valence-electron chi connectivity index (χ1n) is 10.8. The standard InChI is InChI=1S/C22H29N3O5S2/c1-17-15-19(25-9-5-6-14-31(25,26)27)16-18(2)22(17)32(28,29)23-20-7-3-4-8-21(20)24-10-12-30-13-11-24/h3-4,7-8,15-16,23H,5-6,9-14H2,1-2H3. The highest BCUT2D eigenvalue weighted by Crippen LogP contribution is 2.33. The molecule has 2 aromatic carbocycles. The molecule has 1 N–H and O–H groups in total. The lowest BCUT2D eigenvalue weighted by Gasteiger charge is -2.31. The summed E-state index contributed by atoms with van der Waals surface area (Å²) in [5.41, 5.74) is 2.86. The first kappa shape index (κ1) is 22.9. The van der Waals surface area contributed by atoms with Gasteiger partial charge in [-0.2, -0.15) is 0 Å². The Hall–Kier alpha value is -2.30. The van der Waals surface area contributed by atoms with E-state index in [2.05, 4.69) is 9.62 Å². The van der Waals surface area contributed by atoms with Gasteiger partial charge in [-0.1, -0.05) is 12.1 Å². The van der Waals surface area contributed by atoms with Gasteiger partial charge in [-0.05, 0) is 62.1 Å². The zero-order chi connectivity index (χ0) is 22.9. The summed E-state index contributed by atoms with van der Waals surface area (Å²) in [5, 5.41) is 0. The SMILES string of the molecule is Cc1cc(N2CCCCS2(=O)=O)cc(C)c1S(=O)(=O)Nc1ccccc1N1CCOCC1. The van der Waals surface area contributed by atoms with E-state index < -0.39 is 20.0 Å². The van der Waals surface area contributed by atoms with Crippen LogP contribution in [0.15, 0.2) is 41.3 Å². The Morgan fingerprint density at radius 1 is 0.969 bits per heavy atom. The molecule has 174 valence electrons. The maximum absolute atomic E-state index is 13.4. The maximum Gasteiger partial charge on any atom is 0.262 e. The number of morpholine rings is 1. The van der Waals surface area contributed by atoms with E-state index in [1.54, 1.807) is 38.1 Å². The predicted octanol–water partition coefficient (Wildman–Crippen LogP) is 2.87. The third kappa shape index (κ3) is 4.57. The van der Waals surface area contributed by atoms with Crippen LogP contribution in [-0.4, -0.2) is 55.4 Å². The van der Waals surface area contributed by atoms with Crippen LogP contribution < -0.4 is 13.9 Å². The molecule has 2 aliphatic rings. The molecule has 0 spiro atoms. The number of hydrogen-bond acceptors (Lipinski definition) is 6. The van der Waals surface area contributed by atoms with Gasteiger partial charge in [-0.15, -0.1) is 0 Å². The lowest BCUT2D eigenvalue weighted by Crippen LogP contribution is -2.38.